The van der Waals surface area contributed by atoms with E-state index in [1.807, 2.05) is 31.4 Å². The highest BCUT2D eigenvalue weighted by Gasteiger charge is 2.18. The molecule has 0 aliphatic carbocycles. The molecule has 3 aromatic rings. The number of primary amides is 1. The number of hydrogen-bond donors (Lipinski definition) is 1. The molecular weight excluding hydrogens is 376 g/mol. The predicted octanol–water partition coefficient (Wildman–Crippen LogP) is 3.58. The van der Waals surface area contributed by atoms with Crippen molar-refractivity contribution in [2.24, 2.45) is 5.73 Å². The second-order valence-corrected chi connectivity index (χ2v) is 7.42. The summed E-state index contributed by atoms with van der Waals surface area (Å²) in [6.07, 6.45) is 0. The molecule has 0 fully saturated rings. The molecule has 2 heterocycles. The van der Waals surface area contributed by atoms with Crippen molar-refractivity contribution in [2.45, 2.75) is 20.4 Å². The Balaban J connectivity index is 1.78. The zero-order chi connectivity index (χ0) is 20.3. The summed E-state index contributed by atoms with van der Waals surface area (Å²) in [7, 11) is 1.51. The molecule has 6 nitrogen and oxygen atoms in total. The van der Waals surface area contributed by atoms with Crippen molar-refractivity contribution in [3.63, 3.8) is 0 Å². The molecule has 28 heavy (non-hydrogen) atoms. The van der Waals surface area contributed by atoms with Crippen LogP contribution in [0.1, 0.15) is 37.0 Å². The van der Waals surface area contributed by atoms with Gasteiger partial charge < -0.3 is 19.8 Å². The van der Waals surface area contributed by atoms with E-state index in [1.165, 1.54) is 18.1 Å². The molecule has 7 heteroatoms. The van der Waals surface area contributed by atoms with Gasteiger partial charge in [-0.3, -0.25) is 9.59 Å². The van der Waals surface area contributed by atoms with Crippen LogP contribution in [0.5, 0.6) is 11.5 Å². The molecule has 2 aromatic heterocycles. The quantitative estimate of drug-likeness (QED) is 0.588. The number of nitrogens with two attached hydrogens (primary N) is 1. The summed E-state index contributed by atoms with van der Waals surface area (Å²) in [6.45, 7) is 4.43. The summed E-state index contributed by atoms with van der Waals surface area (Å²) in [5.41, 5.74) is 8.10. The standard InChI is InChI=1S/C21H22N2O4S/c1-13-9-18(14(2)23(13)11-16-5-4-8-28-16)19(24)12-27-20-10-15(26-3)6-7-17(20)21(22)25/h4-10H,11-12H2,1-3H3,(H2,22,25). The van der Waals surface area contributed by atoms with Crippen molar-refractivity contribution in [1.29, 1.82) is 0 Å². The molecule has 146 valence electrons. The minimum absolute atomic E-state index is 0.163. The summed E-state index contributed by atoms with van der Waals surface area (Å²) >= 11 is 1.68. The monoisotopic (exact) mass is 398 g/mol. The smallest absolute Gasteiger partial charge is 0.252 e. The molecule has 1 amide bonds. The van der Waals surface area contributed by atoms with E-state index >= 15 is 0 Å². The Morgan fingerprint density at radius 1 is 1.14 bits per heavy atom. The maximum absolute atomic E-state index is 12.8. The van der Waals surface area contributed by atoms with E-state index in [-0.39, 0.29) is 23.7 Å². The third-order valence-electron chi connectivity index (χ3n) is 4.58. The van der Waals surface area contributed by atoms with Crippen LogP contribution in [0.2, 0.25) is 0 Å². The summed E-state index contributed by atoms with van der Waals surface area (Å²) in [4.78, 5) is 25.6. The number of methoxy groups -OCH3 is 1. The topological polar surface area (TPSA) is 83.6 Å². The number of carbonyl (C=O) groups excluding carboxylic acids is 2. The zero-order valence-corrected chi connectivity index (χ0v) is 16.8. The number of aryl methyl sites for hydroxylation is 1. The second kappa shape index (κ2) is 8.31. The third kappa shape index (κ3) is 4.09. The van der Waals surface area contributed by atoms with Crippen LogP contribution in [0.25, 0.3) is 0 Å². The Morgan fingerprint density at radius 3 is 2.57 bits per heavy atom. The SMILES string of the molecule is COc1ccc(C(N)=O)c(OCC(=O)c2cc(C)n(Cc3cccs3)c2C)c1. The number of ether oxygens (including phenoxy) is 2. The highest BCUT2D eigenvalue weighted by Crippen LogP contribution is 2.25. The van der Waals surface area contributed by atoms with Crippen molar-refractivity contribution >= 4 is 23.0 Å². The molecule has 0 saturated heterocycles. The van der Waals surface area contributed by atoms with E-state index in [9.17, 15) is 9.59 Å². The fourth-order valence-corrected chi connectivity index (χ4v) is 3.75. The predicted molar refractivity (Wildman–Crippen MR) is 109 cm³/mol. The van der Waals surface area contributed by atoms with E-state index in [1.54, 1.807) is 23.5 Å². The molecule has 0 radical (unpaired) electrons. The number of Topliss-reactive ketones (excluding diaryl/α,β-unsaturated/α-hetero) is 1. The Labute approximate surface area is 167 Å². The molecule has 3 rings (SSSR count). The summed E-state index contributed by atoms with van der Waals surface area (Å²) < 4.78 is 12.9. The summed E-state index contributed by atoms with van der Waals surface area (Å²) in [5.74, 6) is -0.0443. The van der Waals surface area contributed by atoms with E-state index < -0.39 is 5.91 Å². The maximum atomic E-state index is 12.8. The maximum Gasteiger partial charge on any atom is 0.252 e. The average Bonchev–Trinajstić information content (AvgIpc) is 3.29. The van der Waals surface area contributed by atoms with Gasteiger partial charge in [0.1, 0.15) is 11.5 Å². The van der Waals surface area contributed by atoms with Gasteiger partial charge in [-0.2, -0.15) is 0 Å². The van der Waals surface area contributed by atoms with Crippen molar-refractivity contribution < 1.29 is 19.1 Å². The van der Waals surface area contributed by atoms with Gasteiger partial charge in [0.2, 0.25) is 5.78 Å². The second-order valence-electron chi connectivity index (χ2n) is 6.39. The zero-order valence-electron chi connectivity index (χ0n) is 16.0. The van der Waals surface area contributed by atoms with Crippen LogP contribution in [0.15, 0.2) is 41.8 Å². The van der Waals surface area contributed by atoms with E-state index in [4.69, 9.17) is 15.2 Å². The van der Waals surface area contributed by atoms with Crippen LogP contribution in [-0.4, -0.2) is 30.0 Å². The van der Waals surface area contributed by atoms with Gasteiger partial charge in [-0.25, -0.2) is 0 Å². The number of carbonyl (C=O) groups is 2. The van der Waals surface area contributed by atoms with Gasteiger partial charge in [-0.15, -0.1) is 11.3 Å². The molecule has 0 unspecified atom stereocenters. The lowest BCUT2D eigenvalue weighted by atomic mass is 10.1. The normalized spacial score (nSPS) is 10.7. The molecule has 0 bridgehead atoms. The van der Waals surface area contributed by atoms with Crippen molar-refractivity contribution in [3.8, 4) is 11.5 Å². The van der Waals surface area contributed by atoms with Crippen LogP contribution in [0.3, 0.4) is 0 Å². The van der Waals surface area contributed by atoms with Gasteiger partial charge in [0.15, 0.2) is 6.61 Å². The van der Waals surface area contributed by atoms with Crippen molar-refractivity contribution in [3.05, 3.63) is 69.2 Å². The Kier molecular flexibility index (Phi) is 5.84. The number of rotatable bonds is 8. The fourth-order valence-electron chi connectivity index (χ4n) is 3.06. The van der Waals surface area contributed by atoms with E-state index in [2.05, 4.69) is 10.6 Å². The van der Waals surface area contributed by atoms with Crippen LogP contribution in [0.4, 0.5) is 0 Å². The van der Waals surface area contributed by atoms with Crippen LogP contribution in [0, 0.1) is 13.8 Å². The van der Waals surface area contributed by atoms with Crippen LogP contribution < -0.4 is 15.2 Å². The largest absolute Gasteiger partial charge is 0.497 e. The molecule has 0 aliphatic rings. The minimum Gasteiger partial charge on any atom is -0.497 e. The van der Waals surface area contributed by atoms with Gasteiger partial charge in [0.05, 0.1) is 19.2 Å². The van der Waals surface area contributed by atoms with Crippen molar-refractivity contribution in [1.82, 2.24) is 4.57 Å². The fraction of sp³-hybridized carbons (Fsp3) is 0.238. The van der Waals surface area contributed by atoms with E-state index in [0.29, 0.717) is 11.3 Å². The third-order valence-corrected chi connectivity index (χ3v) is 5.44. The Morgan fingerprint density at radius 2 is 1.93 bits per heavy atom. The number of aromatic nitrogens is 1. The van der Waals surface area contributed by atoms with Gasteiger partial charge in [-0.05, 0) is 43.5 Å². The number of amides is 1. The molecule has 0 saturated carbocycles. The molecule has 0 aliphatic heterocycles. The van der Waals surface area contributed by atoms with Gasteiger partial charge >= 0.3 is 0 Å². The molecule has 1 aromatic carbocycles. The summed E-state index contributed by atoms with van der Waals surface area (Å²) in [5, 5.41) is 2.04. The van der Waals surface area contributed by atoms with Gasteiger partial charge in [0.25, 0.3) is 5.91 Å². The van der Waals surface area contributed by atoms with Crippen LogP contribution >= 0.6 is 11.3 Å². The summed E-state index contributed by atoms with van der Waals surface area (Å²) in [6, 6.07) is 10.6. The first-order valence-corrected chi connectivity index (χ1v) is 9.61. The van der Waals surface area contributed by atoms with Gasteiger partial charge in [0, 0.05) is 27.9 Å². The number of benzene rings is 1. The first-order chi connectivity index (χ1) is 13.4. The Bertz CT molecular complexity index is 1010. The van der Waals surface area contributed by atoms with E-state index in [0.717, 1.165) is 17.9 Å². The number of hydrogen-bond acceptors (Lipinski definition) is 5. The first kappa shape index (κ1) is 19.7. The lowest BCUT2D eigenvalue weighted by molar-refractivity contribution is 0.0911. The average molecular weight is 398 g/mol. The van der Waals surface area contributed by atoms with Crippen molar-refractivity contribution in [2.75, 3.05) is 13.7 Å². The van der Waals surface area contributed by atoms with Gasteiger partial charge in [-0.1, -0.05) is 6.07 Å². The lowest BCUT2D eigenvalue weighted by Gasteiger charge is -2.11. The minimum atomic E-state index is -0.626. The molecular formula is C21H22N2O4S. The number of nitrogens with zero attached hydrogens (tertiary/aromatic N) is 1. The first-order valence-electron chi connectivity index (χ1n) is 8.73. The molecule has 2 N–H and O–H groups in total. The Hall–Kier alpha value is -3.06. The van der Waals surface area contributed by atoms with Crippen LogP contribution in [-0.2, 0) is 6.54 Å². The molecule has 0 atom stereocenters. The lowest BCUT2D eigenvalue weighted by Crippen LogP contribution is -2.17. The number of thiophene rings is 1. The number of ketones is 1. The molecule has 0 spiro atoms. The highest BCUT2D eigenvalue weighted by atomic mass is 32.1. The highest BCUT2D eigenvalue weighted by molar-refractivity contribution is 7.09.